The molecule has 1 rings (SSSR count). The first-order valence-electron chi connectivity index (χ1n) is 7.07. The van der Waals surface area contributed by atoms with Crippen LogP contribution in [0.1, 0.15) is 25.5 Å². The van der Waals surface area contributed by atoms with Crippen molar-refractivity contribution >= 4 is 9.84 Å². The quantitative estimate of drug-likeness (QED) is 0.786. The van der Waals surface area contributed by atoms with Crippen LogP contribution in [0.3, 0.4) is 0 Å². The Labute approximate surface area is 128 Å². The molecule has 1 aromatic carbocycles. The molecule has 0 bridgehead atoms. The Morgan fingerprint density at radius 3 is 2.52 bits per heavy atom. The molecular formula is C15H26N2O3S. The number of nitrogens with two attached hydrogens (primary N) is 1. The van der Waals surface area contributed by atoms with Crippen LogP contribution < -0.4 is 10.5 Å². The van der Waals surface area contributed by atoms with Gasteiger partial charge >= 0.3 is 0 Å². The third-order valence-electron chi connectivity index (χ3n) is 3.18. The molecule has 120 valence electrons. The molecule has 0 saturated heterocycles. The number of sulfone groups is 1. The van der Waals surface area contributed by atoms with E-state index in [0.29, 0.717) is 13.1 Å². The lowest BCUT2D eigenvalue weighted by atomic mass is 10.1. The first kappa shape index (κ1) is 17.9. The maximum atomic E-state index is 11.3. The highest BCUT2D eigenvalue weighted by atomic mass is 32.2. The third kappa shape index (κ3) is 6.46. The molecule has 0 heterocycles. The number of ether oxygens (including phenoxy) is 1. The Bertz CT molecular complexity index is 544. The molecule has 0 fully saturated rings. The highest BCUT2D eigenvalue weighted by Gasteiger charge is 2.17. The summed E-state index contributed by atoms with van der Waals surface area (Å²) in [6.45, 7) is 4.83. The van der Waals surface area contributed by atoms with Crippen LogP contribution in [0.25, 0.3) is 0 Å². The van der Waals surface area contributed by atoms with Crippen molar-refractivity contribution in [3.8, 4) is 5.75 Å². The van der Waals surface area contributed by atoms with E-state index >= 15 is 0 Å². The van der Waals surface area contributed by atoms with Crippen molar-refractivity contribution in [2.45, 2.75) is 26.0 Å². The van der Waals surface area contributed by atoms with Gasteiger partial charge in [0, 0.05) is 25.4 Å². The van der Waals surface area contributed by atoms with Crippen LogP contribution in [0.2, 0.25) is 0 Å². The number of rotatable bonds is 8. The lowest BCUT2D eigenvalue weighted by molar-refractivity contribution is 0.239. The zero-order valence-corrected chi connectivity index (χ0v) is 14.1. The summed E-state index contributed by atoms with van der Waals surface area (Å²) in [7, 11) is -1.09. The summed E-state index contributed by atoms with van der Waals surface area (Å²) in [5, 5.41) is 0. The average Bonchev–Trinajstić information content (AvgIpc) is 2.36. The van der Waals surface area contributed by atoms with Crippen LogP contribution in [0, 0.1) is 0 Å². The third-order valence-corrected chi connectivity index (χ3v) is 4.11. The van der Waals surface area contributed by atoms with Crippen molar-refractivity contribution in [2.24, 2.45) is 5.73 Å². The Hall–Kier alpha value is -1.11. The van der Waals surface area contributed by atoms with E-state index in [9.17, 15) is 8.42 Å². The molecule has 0 amide bonds. The van der Waals surface area contributed by atoms with Gasteiger partial charge in [0.1, 0.15) is 15.6 Å². The minimum atomic E-state index is -2.97. The second kappa shape index (κ2) is 7.77. The zero-order valence-electron chi connectivity index (χ0n) is 13.2. The standard InChI is InChI=1S/C15H26N2O3S/c1-12(2)20-14-7-5-6-13(10-14)15(11-16)17(3)8-9-21(4,18)19/h5-7,10,12,15H,8-9,11,16H2,1-4H3. The van der Waals surface area contributed by atoms with Gasteiger partial charge in [-0.15, -0.1) is 0 Å². The molecule has 1 aromatic rings. The minimum Gasteiger partial charge on any atom is -0.491 e. The van der Waals surface area contributed by atoms with E-state index in [4.69, 9.17) is 10.5 Å². The fourth-order valence-corrected chi connectivity index (χ4v) is 2.72. The van der Waals surface area contributed by atoms with Crippen LogP contribution in [0.5, 0.6) is 5.75 Å². The topological polar surface area (TPSA) is 72.6 Å². The smallest absolute Gasteiger partial charge is 0.148 e. The second-order valence-electron chi connectivity index (χ2n) is 5.60. The molecule has 0 radical (unpaired) electrons. The van der Waals surface area contributed by atoms with Gasteiger partial charge in [0.05, 0.1) is 11.9 Å². The van der Waals surface area contributed by atoms with Crippen molar-refractivity contribution < 1.29 is 13.2 Å². The van der Waals surface area contributed by atoms with E-state index in [1.54, 1.807) is 0 Å². The zero-order chi connectivity index (χ0) is 16.0. The molecule has 0 aliphatic carbocycles. The van der Waals surface area contributed by atoms with E-state index in [2.05, 4.69) is 0 Å². The van der Waals surface area contributed by atoms with Gasteiger partial charge in [-0.05, 0) is 38.6 Å². The number of hydrogen-bond acceptors (Lipinski definition) is 5. The van der Waals surface area contributed by atoms with E-state index in [1.165, 1.54) is 6.26 Å². The molecule has 0 aliphatic heterocycles. The molecule has 1 atom stereocenters. The van der Waals surface area contributed by atoms with Gasteiger partial charge in [-0.3, -0.25) is 4.90 Å². The van der Waals surface area contributed by atoms with E-state index < -0.39 is 9.84 Å². The van der Waals surface area contributed by atoms with Crippen molar-refractivity contribution in [3.63, 3.8) is 0 Å². The summed E-state index contributed by atoms with van der Waals surface area (Å²) in [6.07, 6.45) is 1.36. The molecular weight excluding hydrogens is 288 g/mol. The van der Waals surface area contributed by atoms with Crippen LogP contribution in [-0.2, 0) is 9.84 Å². The molecule has 0 saturated carbocycles. The number of likely N-dealkylation sites (N-methyl/N-ethyl adjacent to an activating group) is 1. The van der Waals surface area contributed by atoms with Crippen molar-refractivity contribution in [3.05, 3.63) is 29.8 Å². The molecule has 2 N–H and O–H groups in total. The first-order chi connectivity index (χ1) is 9.73. The Morgan fingerprint density at radius 1 is 1.33 bits per heavy atom. The molecule has 5 nitrogen and oxygen atoms in total. The van der Waals surface area contributed by atoms with E-state index in [0.717, 1.165) is 11.3 Å². The maximum absolute atomic E-state index is 11.3. The predicted octanol–water partition coefficient (Wildman–Crippen LogP) is 1.45. The highest BCUT2D eigenvalue weighted by molar-refractivity contribution is 7.90. The van der Waals surface area contributed by atoms with Gasteiger partial charge < -0.3 is 10.5 Å². The highest BCUT2D eigenvalue weighted by Crippen LogP contribution is 2.23. The average molecular weight is 314 g/mol. The van der Waals surface area contributed by atoms with Gasteiger partial charge in [-0.25, -0.2) is 8.42 Å². The minimum absolute atomic E-state index is 0.0255. The van der Waals surface area contributed by atoms with Gasteiger partial charge in [-0.2, -0.15) is 0 Å². The van der Waals surface area contributed by atoms with Gasteiger partial charge in [0.15, 0.2) is 0 Å². The number of benzene rings is 1. The largest absolute Gasteiger partial charge is 0.491 e. The lowest BCUT2D eigenvalue weighted by Crippen LogP contribution is -2.34. The normalized spacial score (nSPS) is 13.7. The SMILES string of the molecule is CC(C)Oc1cccc(C(CN)N(C)CCS(C)(=O)=O)c1. The molecule has 0 aliphatic rings. The summed E-state index contributed by atoms with van der Waals surface area (Å²) in [6, 6.07) is 7.77. The molecule has 1 unspecified atom stereocenters. The van der Waals surface area contributed by atoms with E-state index in [-0.39, 0.29) is 17.9 Å². The van der Waals surface area contributed by atoms with Crippen LogP contribution in [-0.4, -0.2) is 51.6 Å². The Kier molecular flexibility index (Phi) is 6.64. The van der Waals surface area contributed by atoms with Gasteiger partial charge in [0.2, 0.25) is 0 Å². The predicted molar refractivity (Wildman–Crippen MR) is 86.3 cm³/mol. The number of nitrogens with zero attached hydrogens (tertiary/aromatic N) is 1. The fraction of sp³-hybridized carbons (Fsp3) is 0.600. The summed E-state index contributed by atoms with van der Waals surface area (Å²) in [5.41, 5.74) is 6.90. The Balaban J connectivity index is 2.83. The van der Waals surface area contributed by atoms with Gasteiger partial charge in [0.25, 0.3) is 0 Å². The second-order valence-corrected chi connectivity index (χ2v) is 7.86. The molecule has 0 aromatic heterocycles. The van der Waals surface area contributed by atoms with Crippen molar-refractivity contribution in [1.29, 1.82) is 0 Å². The summed E-state index contributed by atoms with van der Waals surface area (Å²) < 4.78 is 28.2. The molecule has 0 spiro atoms. The number of hydrogen-bond donors (Lipinski definition) is 1. The van der Waals surface area contributed by atoms with Gasteiger partial charge in [-0.1, -0.05) is 12.1 Å². The monoisotopic (exact) mass is 314 g/mol. The van der Waals surface area contributed by atoms with Crippen LogP contribution in [0.4, 0.5) is 0 Å². The fourth-order valence-electron chi connectivity index (χ4n) is 2.10. The molecule has 6 heteroatoms. The van der Waals surface area contributed by atoms with Crippen LogP contribution in [0.15, 0.2) is 24.3 Å². The van der Waals surface area contributed by atoms with Crippen molar-refractivity contribution in [2.75, 3.05) is 32.1 Å². The Morgan fingerprint density at radius 2 is 2.00 bits per heavy atom. The molecule has 21 heavy (non-hydrogen) atoms. The van der Waals surface area contributed by atoms with Crippen LogP contribution >= 0.6 is 0 Å². The lowest BCUT2D eigenvalue weighted by Gasteiger charge is -2.27. The summed E-state index contributed by atoms with van der Waals surface area (Å²) >= 11 is 0. The summed E-state index contributed by atoms with van der Waals surface area (Å²) in [4.78, 5) is 1.97. The first-order valence-corrected chi connectivity index (χ1v) is 9.13. The maximum Gasteiger partial charge on any atom is 0.148 e. The van der Waals surface area contributed by atoms with Crippen molar-refractivity contribution in [1.82, 2.24) is 4.90 Å². The van der Waals surface area contributed by atoms with E-state index in [1.807, 2.05) is 50.1 Å². The summed E-state index contributed by atoms with van der Waals surface area (Å²) in [5.74, 6) is 0.930.